The first-order valence-electron chi connectivity index (χ1n) is 10.7. The Hall–Kier alpha value is -3.74. The van der Waals surface area contributed by atoms with Crippen LogP contribution in [-0.4, -0.2) is 46.9 Å². The standard InChI is InChI=1S/C25H26N2O5/c1-4-12-27-22(15-10-11-19(31-3)20(13-15)32-5-2)21(24(29)25(27)30)23(28)17-14-26-18-9-7-6-8-16(17)18/h6-11,13-14,22,26,28H,4-5,12H2,1-3H3/b23-21-. The normalized spacial score (nSPS) is 17.8. The first-order chi connectivity index (χ1) is 15.5. The fraction of sp³-hybridized carbons (Fsp3) is 0.280. The highest BCUT2D eigenvalue weighted by Gasteiger charge is 2.46. The molecule has 3 aromatic rings. The van der Waals surface area contributed by atoms with Crippen molar-refractivity contribution in [1.29, 1.82) is 0 Å². The van der Waals surface area contributed by atoms with Crippen LogP contribution in [0, 0.1) is 0 Å². The maximum absolute atomic E-state index is 13.1. The van der Waals surface area contributed by atoms with Crippen molar-refractivity contribution in [3.63, 3.8) is 0 Å². The lowest BCUT2D eigenvalue weighted by atomic mass is 9.94. The number of aromatic amines is 1. The second-order valence-corrected chi connectivity index (χ2v) is 7.58. The van der Waals surface area contributed by atoms with E-state index in [4.69, 9.17) is 9.47 Å². The molecule has 1 amide bonds. The first-order valence-corrected chi connectivity index (χ1v) is 10.7. The Kier molecular flexibility index (Phi) is 5.90. The van der Waals surface area contributed by atoms with Crippen LogP contribution in [0.3, 0.4) is 0 Å². The number of Topliss-reactive ketones (excluding diaryl/α,β-unsaturated/α-hetero) is 1. The number of aliphatic hydroxyl groups is 1. The van der Waals surface area contributed by atoms with Gasteiger partial charge in [-0.25, -0.2) is 0 Å². The number of nitrogens with one attached hydrogen (secondary N) is 1. The fourth-order valence-electron chi connectivity index (χ4n) is 4.24. The molecular weight excluding hydrogens is 408 g/mol. The van der Waals surface area contributed by atoms with E-state index in [-0.39, 0.29) is 11.3 Å². The van der Waals surface area contributed by atoms with Crippen LogP contribution in [0.1, 0.15) is 37.4 Å². The molecule has 1 unspecified atom stereocenters. The Morgan fingerprint density at radius 1 is 1.12 bits per heavy atom. The number of hydrogen-bond acceptors (Lipinski definition) is 5. The second-order valence-electron chi connectivity index (χ2n) is 7.58. The monoisotopic (exact) mass is 434 g/mol. The van der Waals surface area contributed by atoms with Gasteiger partial charge in [-0.05, 0) is 37.1 Å². The van der Waals surface area contributed by atoms with Gasteiger partial charge in [-0.15, -0.1) is 0 Å². The van der Waals surface area contributed by atoms with E-state index in [1.165, 1.54) is 4.90 Å². The number of ketones is 1. The molecule has 2 aromatic carbocycles. The topological polar surface area (TPSA) is 91.9 Å². The van der Waals surface area contributed by atoms with Gasteiger partial charge in [0.05, 0.1) is 25.3 Å². The van der Waals surface area contributed by atoms with Crippen molar-refractivity contribution in [2.24, 2.45) is 0 Å². The van der Waals surface area contributed by atoms with E-state index < -0.39 is 17.7 Å². The highest BCUT2D eigenvalue weighted by atomic mass is 16.5. The summed E-state index contributed by atoms with van der Waals surface area (Å²) in [5.41, 5.74) is 2.05. The number of methoxy groups -OCH3 is 1. The number of H-pyrrole nitrogens is 1. The summed E-state index contributed by atoms with van der Waals surface area (Å²) in [5, 5.41) is 12.1. The van der Waals surface area contributed by atoms with Crippen molar-refractivity contribution in [2.75, 3.05) is 20.3 Å². The second kappa shape index (κ2) is 8.78. The van der Waals surface area contributed by atoms with E-state index in [1.54, 1.807) is 31.5 Å². The molecule has 0 bridgehead atoms. The average molecular weight is 434 g/mol. The Bertz CT molecular complexity index is 1210. The lowest BCUT2D eigenvalue weighted by Gasteiger charge is -2.25. The number of aliphatic hydroxyl groups excluding tert-OH is 1. The number of fused-ring (bicyclic) bond motifs is 1. The molecule has 4 rings (SSSR count). The number of carbonyl (C=O) groups excluding carboxylic acids is 2. The van der Waals surface area contributed by atoms with Gasteiger partial charge in [-0.1, -0.05) is 31.2 Å². The van der Waals surface area contributed by atoms with Crippen molar-refractivity contribution in [3.05, 3.63) is 65.4 Å². The quantitative estimate of drug-likeness (QED) is 0.327. The van der Waals surface area contributed by atoms with Crippen molar-refractivity contribution in [2.45, 2.75) is 26.3 Å². The molecule has 1 aromatic heterocycles. The molecule has 1 saturated heterocycles. The third-order valence-electron chi connectivity index (χ3n) is 5.65. The summed E-state index contributed by atoms with van der Waals surface area (Å²) in [6, 6.07) is 12.1. The van der Waals surface area contributed by atoms with Crippen molar-refractivity contribution in [1.82, 2.24) is 9.88 Å². The van der Waals surface area contributed by atoms with Crippen LogP contribution in [0.4, 0.5) is 0 Å². The molecule has 7 heteroatoms. The van der Waals surface area contributed by atoms with E-state index in [9.17, 15) is 14.7 Å². The molecule has 1 aliphatic heterocycles. The lowest BCUT2D eigenvalue weighted by Crippen LogP contribution is -2.30. The number of likely N-dealkylation sites (tertiary alicyclic amines) is 1. The number of aromatic nitrogens is 1. The SMILES string of the molecule is CCCN1C(=O)C(=O)/C(=C(\O)c2c[nH]c3ccccc23)C1c1ccc(OC)c(OCC)c1. The highest BCUT2D eigenvalue weighted by molar-refractivity contribution is 6.46. The predicted octanol–water partition coefficient (Wildman–Crippen LogP) is 4.41. The number of nitrogens with zero attached hydrogens (tertiary/aromatic N) is 1. The number of carbonyl (C=O) groups is 2. The Morgan fingerprint density at radius 3 is 2.62 bits per heavy atom. The van der Waals surface area contributed by atoms with Crippen LogP contribution in [0.25, 0.3) is 16.7 Å². The van der Waals surface area contributed by atoms with Gasteiger partial charge >= 0.3 is 0 Å². The minimum absolute atomic E-state index is 0.0702. The van der Waals surface area contributed by atoms with Gasteiger partial charge in [0.25, 0.3) is 11.7 Å². The smallest absolute Gasteiger partial charge is 0.295 e. The van der Waals surface area contributed by atoms with E-state index in [2.05, 4.69) is 4.98 Å². The Labute approximate surface area is 186 Å². The summed E-state index contributed by atoms with van der Waals surface area (Å²) in [5.74, 6) is -0.438. The van der Waals surface area contributed by atoms with Crippen LogP contribution in [0.5, 0.6) is 11.5 Å². The average Bonchev–Trinajstić information content (AvgIpc) is 3.34. The summed E-state index contributed by atoms with van der Waals surface area (Å²) in [7, 11) is 1.55. The third-order valence-corrected chi connectivity index (χ3v) is 5.65. The van der Waals surface area contributed by atoms with Gasteiger partial charge in [0.2, 0.25) is 0 Å². The zero-order chi connectivity index (χ0) is 22.8. The minimum Gasteiger partial charge on any atom is -0.507 e. The molecule has 1 atom stereocenters. The number of benzene rings is 2. The maximum atomic E-state index is 13.1. The zero-order valence-corrected chi connectivity index (χ0v) is 18.3. The van der Waals surface area contributed by atoms with Crippen LogP contribution >= 0.6 is 0 Å². The number of amides is 1. The van der Waals surface area contributed by atoms with Crippen LogP contribution in [0.2, 0.25) is 0 Å². The molecule has 2 heterocycles. The third kappa shape index (κ3) is 3.49. The number of rotatable bonds is 7. The molecule has 1 fully saturated rings. The summed E-state index contributed by atoms with van der Waals surface area (Å²) in [6.07, 6.45) is 2.33. The Balaban J connectivity index is 1.92. The summed E-state index contributed by atoms with van der Waals surface area (Å²) >= 11 is 0. The summed E-state index contributed by atoms with van der Waals surface area (Å²) < 4.78 is 11.1. The molecule has 0 aliphatic carbocycles. The molecule has 166 valence electrons. The molecule has 32 heavy (non-hydrogen) atoms. The fourth-order valence-corrected chi connectivity index (χ4v) is 4.24. The predicted molar refractivity (Wildman–Crippen MR) is 122 cm³/mol. The Morgan fingerprint density at radius 2 is 1.91 bits per heavy atom. The van der Waals surface area contributed by atoms with Crippen LogP contribution in [0.15, 0.2) is 54.2 Å². The highest BCUT2D eigenvalue weighted by Crippen LogP contribution is 2.42. The van der Waals surface area contributed by atoms with Gasteiger partial charge in [-0.3, -0.25) is 9.59 Å². The molecule has 0 saturated carbocycles. The zero-order valence-electron chi connectivity index (χ0n) is 18.3. The van der Waals surface area contributed by atoms with Gasteiger partial charge in [0.15, 0.2) is 11.5 Å². The minimum atomic E-state index is -0.728. The summed E-state index contributed by atoms with van der Waals surface area (Å²) in [4.78, 5) is 30.7. The summed E-state index contributed by atoms with van der Waals surface area (Å²) in [6.45, 7) is 4.63. The van der Waals surface area contributed by atoms with Crippen LogP contribution in [-0.2, 0) is 9.59 Å². The molecule has 7 nitrogen and oxygen atoms in total. The number of hydrogen-bond donors (Lipinski definition) is 2. The van der Waals surface area contributed by atoms with Crippen LogP contribution < -0.4 is 9.47 Å². The van der Waals surface area contributed by atoms with Gasteiger partial charge in [0, 0.05) is 29.2 Å². The van der Waals surface area contributed by atoms with Crippen molar-refractivity contribution in [3.8, 4) is 11.5 Å². The number of ether oxygens (including phenoxy) is 2. The molecule has 2 N–H and O–H groups in total. The number of para-hydroxylation sites is 1. The molecule has 0 spiro atoms. The van der Waals surface area contributed by atoms with Crippen molar-refractivity contribution >= 4 is 28.4 Å². The lowest BCUT2D eigenvalue weighted by molar-refractivity contribution is -0.139. The van der Waals surface area contributed by atoms with E-state index >= 15 is 0 Å². The largest absolute Gasteiger partial charge is 0.507 e. The van der Waals surface area contributed by atoms with Gasteiger partial charge in [0.1, 0.15) is 5.76 Å². The van der Waals surface area contributed by atoms with Crippen molar-refractivity contribution < 1.29 is 24.2 Å². The van der Waals surface area contributed by atoms with E-state index in [0.717, 1.165) is 10.9 Å². The molecule has 0 radical (unpaired) electrons. The van der Waals surface area contributed by atoms with Gasteiger partial charge in [-0.2, -0.15) is 0 Å². The van der Waals surface area contributed by atoms with E-state index in [1.807, 2.05) is 38.1 Å². The van der Waals surface area contributed by atoms with E-state index in [0.29, 0.717) is 42.2 Å². The maximum Gasteiger partial charge on any atom is 0.295 e. The molecular formula is C25H26N2O5. The molecule has 1 aliphatic rings. The van der Waals surface area contributed by atoms with Gasteiger partial charge < -0.3 is 24.5 Å². The first kappa shape index (κ1) is 21.5.